The Hall–Kier alpha value is -3.48. The summed E-state index contributed by atoms with van der Waals surface area (Å²) in [6.07, 6.45) is 4.76. The monoisotopic (exact) mass is 331 g/mol. The van der Waals surface area contributed by atoms with Gasteiger partial charge in [0.15, 0.2) is 0 Å². The molecule has 0 N–H and O–H groups in total. The minimum atomic E-state index is -0.306. The first-order valence-corrected chi connectivity index (χ1v) is 7.68. The molecule has 7 nitrogen and oxygen atoms in total. The first kappa shape index (κ1) is 15.1. The highest BCUT2D eigenvalue weighted by Gasteiger charge is 2.35. The Labute approximate surface area is 143 Å². The standard InChI is InChI=1S/C18H13N5O2/c1-11-19-7-12(8-20-11)16-6-13(21-10-22-16)9-23-17(24)14-4-2-3-5-15(14)18(23)25/h2-8,10H,9H2,1H3. The highest BCUT2D eigenvalue weighted by Crippen LogP contribution is 2.24. The molecule has 0 spiro atoms. The van der Waals surface area contributed by atoms with Crippen LogP contribution in [0.25, 0.3) is 11.3 Å². The van der Waals surface area contributed by atoms with Crippen molar-refractivity contribution in [3.05, 3.63) is 71.7 Å². The van der Waals surface area contributed by atoms with Crippen molar-refractivity contribution >= 4 is 11.8 Å². The van der Waals surface area contributed by atoms with Gasteiger partial charge in [-0.05, 0) is 25.1 Å². The van der Waals surface area contributed by atoms with Crippen LogP contribution in [0.2, 0.25) is 0 Å². The first-order valence-electron chi connectivity index (χ1n) is 7.68. The minimum absolute atomic E-state index is 0.0919. The van der Waals surface area contributed by atoms with Gasteiger partial charge in [0.1, 0.15) is 12.2 Å². The van der Waals surface area contributed by atoms with Crippen LogP contribution in [-0.2, 0) is 6.54 Å². The van der Waals surface area contributed by atoms with Gasteiger partial charge in [0, 0.05) is 18.0 Å². The summed E-state index contributed by atoms with van der Waals surface area (Å²) in [6.45, 7) is 1.89. The van der Waals surface area contributed by atoms with E-state index in [2.05, 4.69) is 19.9 Å². The van der Waals surface area contributed by atoms with Gasteiger partial charge in [-0.2, -0.15) is 0 Å². The van der Waals surface area contributed by atoms with Crippen LogP contribution in [-0.4, -0.2) is 36.7 Å². The fourth-order valence-corrected chi connectivity index (χ4v) is 2.71. The number of rotatable bonds is 3. The molecule has 0 fully saturated rings. The van der Waals surface area contributed by atoms with Crippen molar-refractivity contribution in [3.63, 3.8) is 0 Å². The van der Waals surface area contributed by atoms with Crippen LogP contribution in [0.4, 0.5) is 0 Å². The van der Waals surface area contributed by atoms with E-state index in [0.29, 0.717) is 28.3 Å². The fraction of sp³-hybridized carbons (Fsp3) is 0.111. The second-order valence-corrected chi connectivity index (χ2v) is 5.66. The molecular weight excluding hydrogens is 318 g/mol. The summed E-state index contributed by atoms with van der Waals surface area (Å²) in [7, 11) is 0. The van der Waals surface area contributed by atoms with Gasteiger partial charge >= 0.3 is 0 Å². The molecule has 25 heavy (non-hydrogen) atoms. The molecule has 3 aromatic rings. The summed E-state index contributed by atoms with van der Waals surface area (Å²) in [6, 6.07) is 8.54. The number of hydrogen-bond acceptors (Lipinski definition) is 6. The van der Waals surface area contributed by atoms with Gasteiger partial charge in [-0.1, -0.05) is 12.1 Å². The summed E-state index contributed by atoms with van der Waals surface area (Å²) in [5.41, 5.74) is 2.81. The molecule has 1 aromatic carbocycles. The molecule has 0 bridgehead atoms. The van der Waals surface area contributed by atoms with Gasteiger partial charge in [0.05, 0.1) is 29.1 Å². The lowest BCUT2D eigenvalue weighted by Gasteiger charge is -2.13. The Morgan fingerprint density at radius 3 is 2.20 bits per heavy atom. The molecule has 2 aromatic heterocycles. The Bertz CT molecular complexity index is 950. The lowest BCUT2D eigenvalue weighted by molar-refractivity contribution is 0.0640. The number of fused-ring (bicyclic) bond motifs is 1. The highest BCUT2D eigenvalue weighted by molar-refractivity contribution is 6.21. The molecule has 4 rings (SSSR count). The lowest BCUT2D eigenvalue weighted by atomic mass is 10.1. The molecule has 0 saturated heterocycles. The van der Waals surface area contributed by atoms with Gasteiger partial charge in [0.2, 0.25) is 0 Å². The third-order valence-corrected chi connectivity index (χ3v) is 4.00. The van der Waals surface area contributed by atoms with E-state index >= 15 is 0 Å². The maximum Gasteiger partial charge on any atom is 0.261 e. The molecular formula is C18H13N5O2. The van der Waals surface area contributed by atoms with Crippen molar-refractivity contribution in [1.82, 2.24) is 24.8 Å². The number of hydrogen-bond donors (Lipinski definition) is 0. The van der Waals surface area contributed by atoms with Gasteiger partial charge in [-0.25, -0.2) is 19.9 Å². The van der Waals surface area contributed by atoms with E-state index < -0.39 is 0 Å². The predicted molar refractivity (Wildman–Crippen MR) is 88.4 cm³/mol. The minimum Gasteiger partial charge on any atom is -0.269 e. The summed E-state index contributed by atoms with van der Waals surface area (Å²) >= 11 is 0. The maximum atomic E-state index is 12.4. The maximum absolute atomic E-state index is 12.4. The van der Waals surface area contributed by atoms with Gasteiger partial charge in [-0.3, -0.25) is 14.5 Å². The molecule has 0 aliphatic carbocycles. The average molecular weight is 331 g/mol. The molecule has 0 radical (unpaired) electrons. The van der Waals surface area contributed by atoms with Crippen LogP contribution < -0.4 is 0 Å². The van der Waals surface area contributed by atoms with Crippen LogP contribution in [0.3, 0.4) is 0 Å². The van der Waals surface area contributed by atoms with E-state index in [1.807, 2.05) is 0 Å². The van der Waals surface area contributed by atoms with E-state index in [1.165, 1.54) is 11.2 Å². The molecule has 0 saturated carbocycles. The van der Waals surface area contributed by atoms with Crippen molar-refractivity contribution in [2.45, 2.75) is 13.5 Å². The second-order valence-electron chi connectivity index (χ2n) is 5.66. The number of amides is 2. The van der Waals surface area contributed by atoms with E-state index in [1.54, 1.807) is 49.6 Å². The van der Waals surface area contributed by atoms with Crippen LogP contribution in [0.1, 0.15) is 32.2 Å². The van der Waals surface area contributed by atoms with E-state index in [9.17, 15) is 9.59 Å². The zero-order chi connectivity index (χ0) is 17.4. The van der Waals surface area contributed by atoms with Gasteiger partial charge < -0.3 is 0 Å². The van der Waals surface area contributed by atoms with Crippen LogP contribution in [0, 0.1) is 6.92 Å². The largest absolute Gasteiger partial charge is 0.269 e. The summed E-state index contributed by atoms with van der Waals surface area (Å²) in [5.74, 6) is 0.0583. The number of aromatic nitrogens is 4. The predicted octanol–water partition coefficient (Wildman–Crippen LogP) is 2.04. The Kier molecular flexibility index (Phi) is 3.53. The number of benzene rings is 1. The number of aryl methyl sites for hydroxylation is 1. The van der Waals surface area contributed by atoms with Crippen LogP contribution >= 0.6 is 0 Å². The number of imide groups is 1. The molecule has 122 valence electrons. The number of nitrogens with zero attached hydrogens (tertiary/aromatic N) is 5. The molecule has 0 unspecified atom stereocenters. The highest BCUT2D eigenvalue weighted by atomic mass is 16.2. The molecule has 1 aliphatic heterocycles. The quantitative estimate of drug-likeness (QED) is 0.682. The zero-order valence-electron chi connectivity index (χ0n) is 13.4. The SMILES string of the molecule is Cc1ncc(-c2cc(CN3C(=O)c4ccccc4C3=O)ncn2)cn1. The Morgan fingerprint density at radius 2 is 1.56 bits per heavy atom. The molecule has 7 heteroatoms. The van der Waals surface area contributed by atoms with Crippen molar-refractivity contribution < 1.29 is 9.59 Å². The molecule has 0 atom stereocenters. The van der Waals surface area contributed by atoms with Crippen molar-refractivity contribution in [3.8, 4) is 11.3 Å². The summed E-state index contributed by atoms with van der Waals surface area (Å²) in [4.78, 5) is 42.8. The van der Waals surface area contributed by atoms with Crippen LogP contribution in [0.5, 0.6) is 0 Å². The van der Waals surface area contributed by atoms with Crippen molar-refractivity contribution in [2.75, 3.05) is 0 Å². The summed E-state index contributed by atoms with van der Waals surface area (Å²) < 4.78 is 0. The smallest absolute Gasteiger partial charge is 0.261 e. The second kappa shape index (κ2) is 5.86. The van der Waals surface area contributed by atoms with Gasteiger partial charge in [0.25, 0.3) is 11.8 Å². The van der Waals surface area contributed by atoms with Crippen molar-refractivity contribution in [1.29, 1.82) is 0 Å². The Balaban J connectivity index is 1.62. The first-order chi connectivity index (χ1) is 12.1. The van der Waals surface area contributed by atoms with Gasteiger partial charge in [-0.15, -0.1) is 0 Å². The summed E-state index contributed by atoms with van der Waals surface area (Å²) in [5, 5.41) is 0. The zero-order valence-corrected chi connectivity index (χ0v) is 13.4. The normalized spacial score (nSPS) is 13.2. The van der Waals surface area contributed by atoms with Crippen LogP contribution in [0.15, 0.2) is 49.1 Å². The lowest BCUT2D eigenvalue weighted by Crippen LogP contribution is -2.29. The third-order valence-electron chi connectivity index (χ3n) is 4.00. The average Bonchev–Trinajstić information content (AvgIpc) is 2.88. The molecule has 3 heterocycles. The van der Waals surface area contributed by atoms with Crippen molar-refractivity contribution in [2.24, 2.45) is 0 Å². The topological polar surface area (TPSA) is 88.9 Å². The van der Waals surface area contributed by atoms with E-state index in [0.717, 1.165) is 5.56 Å². The fourth-order valence-electron chi connectivity index (χ4n) is 2.71. The van der Waals surface area contributed by atoms with E-state index in [-0.39, 0.29) is 18.4 Å². The molecule has 2 amide bonds. The Morgan fingerprint density at radius 1 is 0.920 bits per heavy atom. The third kappa shape index (κ3) is 2.65. The molecule has 1 aliphatic rings. The van der Waals surface area contributed by atoms with E-state index in [4.69, 9.17) is 0 Å². The number of carbonyl (C=O) groups excluding carboxylic acids is 2. The number of carbonyl (C=O) groups is 2.